The molecule has 1 aliphatic heterocycles. The third kappa shape index (κ3) is 3.47. The molecule has 0 spiro atoms. The van der Waals surface area contributed by atoms with Gasteiger partial charge in [-0.25, -0.2) is 0 Å². The van der Waals surface area contributed by atoms with Crippen molar-refractivity contribution < 1.29 is 5.11 Å². The van der Waals surface area contributed by atoms with E-state index in [1.807, 2.05) is 24.3 Å². The molecule has 0 bridgehead atoms. The smallest absolute Gasteiger partial charge is 0.0816 e. The summed E-state index contributed by atoms with van der Waals surface area (Å²) in [5.41, 5.74) is 0.851. The van der Waals surface area contributed by atoms with Gasteiger partial charge in [0.2, 0.25) is 0 Å². The quantitative estimate of drug-likeness (QED) is 0.900. The number of piperidine rings is 1. The number of nitrogens with zero attached hydrogens (tertiary/aromatic N) is 1. The maximum absolute atomic E-state index is 10.2. The SMILES string of the molecule is CC1CCCCN1CCC(O)c1ccccc1Cl. The summed E-state index contributed by atoms with van der Waals surface area (Å²) in [5, 5.41) is 10.9. The molecule has 2 unspecified atom stereocenters. The normalized spacial score (nSPS) is 22.9. The Bertz CT molecular complexity index is 383. The molecule has 0 aliphatic carbocycles. The Morgan fingerprint density at radius 1 is 1.39 bits per heavy atom. The summed E-state index contributed by atoms with van der Waals surface area (Å²) < 4.78 is 0. The Balaban J connectivity index is 1.88. The first kappa shape index (κ1) is 13.9. The van der Waals surface area contributed by atoms with Crippen molar-refractivity contribution in [3.05, 3.63) is 34.9 Å². The molecule has 2 atom stereocenters. The second kappa shape index (κ2) is 6.55. The first-order valence-corrected chi connectivity index (χ1v) is 7.23. The van der Waals surface area contributed by atoms with Crippen molar-refractivity contribution >= 4 is 11.6 Å². The third-order valence-electron chi connectivity index (χ3n) is 3.89. The van der Waals surface area contributed by atoms with Crippen LogP contribution in [-0.2, 0) is 0 Å². The average Bonchev–Trinajstić information content (AvgIpc) is 2.38. The molecule has 2 nitrogen and oxygen atoms in total. The summed E-state index contributed by atoms with van der Waals surface area (Å²) in [6, 6.07) is 8.22. The van der Waals surface area contributed by atoms with Gasteiger partial charge in [0.05, 0.1) is 6.10 Å². The third-order valence-corrected chi connectivity index (χ3v) is 4.24. The monoisotopic (exact) mass is 267 g/mol. The largest absolute Gasteiger partial charge is 0.388 e. The molecule has 2 rings (SSSR count). The molecule has 1 aromatic rings. The fraction of sp³-hybridized carbons (Fsp3) is 0.600. The van der Waals surface area contributed by atoms with Gasteiger partial charge < -0.3 is 10.0 Å². The summed E-state index contributed by atoms with van der Waals surface area (Å²) in [5.74, 6) is 0. The number of aliphatic hydroxyl groups excluding tert-OH is 1. The van der Waals surface area contributed by atoms with Crippen LogP contribution >= 0.6 is 11.6 Å². The summed E-state index contributed by atoms with van der Waals surface area (Å²) in [6.07, 6.45) is 4.21. The Kier molecular flexibility index (Phi) is 5.04. The van der Waals surface area contributed by atoms with Gasteiger partial charge >= 0.3 is 0 Å². The number of rotatable bonds is 4. The molecule has 3 heteroatoms. The van der Waals surface area contributed by atoms with Crippen LogP contribution in [0.25, 0.3) is 0 Å². The standard InChI is InChI=1S/C15H22ClNO/c1-12-6-4-5-10-17(12)11-9-15(18)13-7-2-3-8-14(13)16/h2-3,7-8,12,15,18H,4-6,9-11H2,1H3. The fourth-order valence-electron chi connectivity index (χ4n) is 2.68. The second-order valence-electron chi connectivity index (χ2n) is 5.21. The fourth-order valence-corrected chi connectivity index (χ4v) is 2.94. The van der Waals surface area contributed by atoms with Crippen LogP contribution in [0.3, 0.4) is 0 Å². The van der Waals surface area contributed by atoms with Crippen LogP contribution in [-0.4, -0.2) is 29.1 Å². The molecular weight excluding hydrogens is 246 g/mol. The van der Waals surface area contributed by atoms with E-state index in [2.05, 4.69) is 11.8 Å². The lowest BCUT2D eigenvalue weighted by molar-refractivity contribution is 0.109. The van der Waals surface area contributed by atoms with Gasteiger partial charge in [0.1, 0.15) is 0 Å². The predicted molar refractivity (Wildman–Crippen MR) is 75.9 cm³/mol. The van der Waals surface area contributed by atoms with Crippen molar-refractivity contribution in [2.75, 3.05) is 13.1 Å². The van der Waals surface area contributed by atoms with Crippen molar-refractivity contribution in [3.63, 3.8) is 0 Å². The summed E-state index contributed by atoms with van der Waals surface area (Å²) in [4.78, 5) is 2.48. The van der Waals surface area contributed by atoms with Crippen LogP contribution in [0, 0.1) is 0 Å². The molecule has 18 heavy (non-hydrogen) atoms. The summed E-state index contributed by atoms with van der Waals surface area (Å²) in [6.45, 7) is 4.39. The highest BCUT2D eigenvalue weighted by Crippen LogP contribution is 2.26. The van der Waals surface area contributed by atoms with Crippen molar-refractivity contribution in [1.82, 2.24) is 4.90 Å². The number of likely N-dealkylation sites (tertiary alicyclic amines) is 1. The molecule has 1 aromatic carbocycles. The maximum atomic E-state index is 10.2. The Morgan fingerprint density at radius 3 is 2.89 bits per heavy atom. The van der Waals surface area contributed by atoms with E-state index < -0.39 is 6.10 Å². The van der Waals surface area contributed by atoms with Crippen molar-refractivity contribution in [2.45, 2.75) is 44.8 Å². The topological polar surface area (TPSA) is 23.5 Å². The first-order valence-electron chi connectivity index (χ1n) is 6.85. The highest BCUT2D eigenvalue weighted by atomic mass is 35.5. The van der Waals surface area contributed by atoms with Gasteiger partial charge in [-0.1, -0.05) is 36.2 Å². The zero-order valence-corrected chi connectivity index (χ0v) is 11.7. The minimum atomic E-state index is -0.451. The maximum Gasteiger partial charge on any atom is 0.0816 e. The average molecular weight is 268 g/mol. The van der Waals surface area contributed by atoms with E-state index in [0.29, 0.717) is 11.1 Å². The first-order chi connectivity index (χ1) is 8.68. The molecule has 0 aromatic heterocycles. The van der Waals surface area contributed by atoms with Crippen LogP contribution in [0.2, 0.25) is 5.02 Å². The molecule has 0 saturated carbocycles. The van der Waals surface area contributed by atoms with E-state index in [1.54, 1.807) is 0 Å². The number of hydrogen-bond acceptors (Lipinski definition) is 2. The number of halogens is 1. The zero-order chi connectivity index (χ0) is 13.0. The predicted octanol–water partition coefficient (Wildman–Crippen LogP) is 3.64. The van der Waals surface area contributed by atoms with E-state index in [4.69, 9.17) is 11.6 Å². The van der Waals surface area contributed by atoms with Gasteiger partial charge in [-0.3, -0.25) is 0 Å². The summed E-state index contributed by atoms with van der Waals surface area (Å²) >= 11 is 6.10. The Morgan fingerprint density at radius 2 is 2.17 bits per heavy atom. The van der Waals surface area contributed by atoms with Crippen molar-refractivity contribution in [2.24, 2.45) is 0 Å². The van der Waals surface area contributed by atoms with Crippen LogP contribution in [0.1, 0.15) is 44.3 Å². The highest BCUT2D eigenvalue weighted by molar-refractivity contribution is 6.31. The van der Waals surface area contributed by atoms with E-state index in [0.717, 1.165) is 25.1 Å². The van der Waals surface area contributed by atoms with Gasteiger partial charge in [0, 0.05) is 17.6 Å². The molecule has 1 N–H and O–H groups in total. The van der Waals surface area contributed by atoms with Crippen molar-refractivity contribution in [3.8, 4) is 0 Å². The second-order valence-corrected chi connectivity index (χ2v) is 5.61. The van der Waals surface area contributed by atoms with Gasteiger partial charge in [0.15, 0.2) is 0 Å². The van der Waals surface area contributed by atoms with E-state index in [-0.39, 0.29) is 0 Å². The molecule has 1 heterocycles. The van der Waals surface area contributed by atoms with Crippen LogP contribution in [0.15, 0.2) is 24.3 Å². The minimum absolute atomic E-state index is 0.451. The Labute approximate surface area is 115 Å². The number of aliphatic hydroxyl groups is 1. The van der Waals surface area contributed by atoms with Crippen LogP contribution in [0.4, 0.5) is 0 Å². The molecule has 1 aliphatic rings. The van der Waals surface area contributed by atoms with Gasteiger partial charge in [-0.2, -0.15) is 0 Å². The van der Waals surface area contributed by atoms with E-state index in [9.17, 15) is 5.11 Å². The van der Waals surface area contributed by atoms with Gasteiger partial charge in [-0.05, 0) is 44.4 Å². The molecule has 0 radical (unpaired) electrons. The van der Waals surface area contributed by atoms with Crippen LogP contribution < -0.4 is 0 Å². The minimum Gasteiger partial charge on any atom is -0.388 e. The molecule has 100 valence electrons. The molecule has 1 fully saturated rings. The van der Waals surface area contributed by atoms with E-state index >= 15 is 0 Å². The number of hydrogen-bond donors (Lipinski definition) is 1. The van der Waals surface area contributed by atoms with Crippen molar-refractivity contribution in [1.29, 1.82) is 0 Å². The van der Waals surface area contributed by atoms with Gasteiger partial charge in [-0.15, -0.1) is 0 Å². The summed E-state index contributed by atoms with van der Waals surface area (Å²) in [7, 11) is 0. The van der Waals surface area contributed by atoms with E-state index in [1.165, 1.54) is 19.3 Å². The molecular formula is C15H22ClNO. The molecule has 0 amide bonds. The zero-order valence-electron chi connectivity index (χ0n) is 11.0. The van der Waals surface area contributed by atoms with Gasteiger partial charge in [0.25, 0.3) is 0 Å². The molecule has 1 saturated heterocycles. The number of benzene rings is 1. The Hall–Kier alpha value is -0.570. The lowest BCUT2D eigenvalue weighted by Gasteiger charge is -2.33. The lowest BCUT2D eigenvalue weighted by Crippen LogP contribution is -2.38. The lowest BCUT2D eigenvalue weighted by atomic mass is 10.0. The van der Waals surface area contributed by atoms with Crippen LogP contribution in [0.5, 0.6) is 0 Å². The highest BCUT2D eigenvalue weighted by Gasteiger charge is 2.19.